The second kappa shape index (κ2) is 8.25. The van der Waals surface area contributed by atoms with Crippen molar-refractivity contribution in [3.05, 3.63) is 65.2 Å². The van der Waals surface area contributed by atoms with E-state index in [2.05, 4.69) is 59.3 Å². The van der Waals surface area contributed by atoms with Crippen molar-refractivity contribution < 1.29 is 9.90 Å². The standard InChI is InChI=1S/C23H24N2O2S/c1-16-19(17-8-3-2-4-9-17)10-7-11-20(16)22-24-14-18(28-22)15-25-13-6-5-12-21(25)23(26)27/h2-4,7-11,14,21H,5-6,12-13,15H2,1H3,(H,26,27). The molecule has 0 bridgehead atoms. The van der Waals surface area contributed by atoms with Gasteiger partial charge in [0.15, 0.2) is 0 Å². The number of carboxylic acid groups (broad SMARTS) is 1. The third-order valence-corrected chi connectivity index (χ3v) is 6.48. The van der Waals surface area contributed by atoms with E-state index in [1.54, 1.807) is 11.3 Å². The molecule has 0 aliphatic carbocycles. The molecular formula is C23H24N2O2S. The van der Waals surface area contributed by atoms with Gasteiger partial charge < -0.3 is 5.11 Å². The molecule has 0 saturated carbocycles. The predicted molar refractivity (Wildman–Crippen MR) is 113 cm³/mol. The Bertz CT molecular complexity index is 968. The van der Waals surface area contributed by atoms with Crippen LogP contribution in [0, 0.1) is 6.92 Å². The molecule has 1 N–H and O–H groups in total. The van der Waals surface area contributed by atoms with Crippen LogP contribution in [-0.4, -0.2) is 33.5 Å². The van der Waals surface area contributed by atoms with E-state index in [1.807, 2.05) is 12.3 Å². The molecule has 0 spiro atoms. The van der Waals surface area contributed by atoms with Crippen molar-refractivity contribution in [1.29, 1.82) is 0 Å². The van der Waals surface area contributed by atoms with Crippen LogP contribution in [0.3, 0.4) is 0 Å². The number of hydrogen-bond donors (Lipinski definition) is 1. The number of likely N-dealkylation sites (tertiary alicyclic amines) is 1. The number of aliphatic carboxylic acids is 1. The molecule has 1 atom stereocenters. The van der Waals surface area contributed by atoms with Gasteiger partial charge in [-0.1, -0.05) is 55.0 Å². The normalized spacial score (nSPS) is 17.5. The zero-order valence-electron chi connectivity index (χ0n) is 16.0. The minimum atomic E-state index is -0.712. The first kappa shape index (κ1) is 18.8. The number of thiazole rings is 1. The van der Waals surface area contributed by atoms with Gasteiger partial charge in [0, 0.05) is 23.2 Å². The van der Waals surface area contributed by atoms with Gasteiger partial charge in [0.05, 0.1) is 0 Å². The molecule has 4 rings (SSSR count). The van der Waals surface area contributed by atoms with Crippen LogP contribution in [0.2, 0.25) is 0 Å². The van der Waals surface area contributed by atoms with Gasteiger partial charge in [0.25, 0.3) is 0 Å². The number of carboxylic acids is 1. The molecule has 1 aliphatic heterocycles. The van der Waals surface area contributed by atoms with Crippen LogP contribution in [0.15, 0.2) is 54.7 Å². The third kappa shape index (κ3) is 3.86. The molecule has 1 aliphatic rings. The summed E-state index contributed by atoms with van der Waals surface area (Å²) in [6.45, 7) is 3.64. The smallest absolute Gasteiger partial charge is 0.320 e. The van der Waals surface area contributed by atoms with E-state index in [0.717, 1.165) is 41.3 Å². The van der Waals surface area contributed by atoms with E-state index >= 15 is 0 Å². The van der Waals surface area contributed by atoms with Crippen molar-refractivity contribution >= 4 is 17.3 Å². The van der Waals surface area contributed by atoms with E-state index in [1.165, 1.54) is 16.7 Å². The number of piperidine rings is 1. The molecule has 4 nitrogen and oxygen atoms in total. The summed E-state index contributed by atoms with van der Waals surface area (Å²) < 4.78 is 0. The first-order valence-corrected chi connectivity index (χ1v) is 10.5. The molecular weight excluding hydrogens is 368 g/mol. The maximum absolute atomic E-state index is 11.5. The molecule has 3 aromatic rings. The van der Waals surface area contributed by atoms with E-state index in [4.69, 9.17) is 0 Å². The number of rotatable bonds is 5. The summed E-state index contributed by atoms with van der Waals surface area (Å²) in [6, 6.07) is 16.4. The molecule has 0 amide bonds. The van der Waals surface area contributed by atoms with E-state index in [0.29, 0.717) is 6.54 Å². The zero-order chi connectivity index (χ0) is 19.5. The predicted octanol–water partition coefficient (Wildman–Crippen LogP) is 5.22. The molecule has 0 radical (unpaired) electrons. The molecule has 144 valence electrons. The van der Waals surface area contributed by atoms with Gasteiger partial charge in [-0.15, -0.1) is 11.3 Å². The van der Waals surface area contributed by atoms with E-state index < -0.39 is 5.97 Å². The van der Waals surface area contributed by atoms with Gasteiger partial charge in [-0.2, -0.15) is 0 Å². The van der Waals surface area contributed by atoms with E-state index in [9.17, 15) is 9.90 Å². The summed E-state index contributed by atoms with van der Waals surface area (Å²) in [5, 5.41) is 10.5. The van der Waals surface area contributed by atoms with Crippen molar-refractivity contribution in [2.75, 3.05) is 6.54 Å². The summed E-state index contributed by atoms with van der Waals surface area (Å²) in [5.74, 6) is -0.712. The average molecular weight is 393 g/mol. The highest BCUT2D eigenvalue weighted by molar-refractivity contribution is 7.15. The van der Waals surface area contributed by atoms with Gasteiger partial charge in [-0.3, -0.25) is 9.69 Å². The highest BCUT2D eigenvalue weighted by atomic mass is 32.1. The topological polar surface area (TPSA) is 53.4 Å². The van der Waals surface area contributed by atoms with Crippen molar-refractivity contribution in [2.24, 2.45) is 0 Å². The van der Waals surface area contributed by atoms with Crippen molar-refractivity contribution in [1.82, 2.24) is 9.88 Å². The van der Waals surface area contributed by atoms with Gasteiger partial charge in [-0.05, 0) is 43.0 Å². The number of benzene rings is 2. The molecule has 5 heteroatoms. The third-order valence-electron chi connectivity index (χ3n) is 5.46. The Balaban J connectivity index is 1.59. The van der Waals surface area contributed by atoms with Gasteiger partial charge >= 0.3 is 5.97 Å². The van der Waals surface area contributed by atoms with Crippen molar-refractivity contribution in [3.63, 3.8) is 0 Å². The van der Waals surface area contributed by atoms with Crippen LogP contribution < -0.4 is 0 Å². The first-order valence-electron chi connectivity index (χ1n) is 9.70. The summed E-state index contributed by atoms with van der Waals surface area (Å²) in [4.78, 5) is 19.4. The fourth-order valence-corrected chi connectivity index (χ4v) is 4.98. The Kier molecular flexibility index (Phi) is 5.55. The van der Waals surface area contributed by atoms with Crippen LogP contribution in [0.25, 0.3) is 21.7 Å². The van der Waals surface area contributed by atoms with Gasteiger partial charge in [-0.25, -0.2) is 4.98 Å². The first-order chi connectivity index (χ1) is 13.6. The Labute approximate surface area is 169 Å². The Morgan fingerprint density at radius 2 is 1.93 bits per heavy atom. The van der Waals surface area contributed by atoms with E-state index in [-0.39, 0.29) is 6.04 Å². The Morgan fingerprint density at radius 1 is 1.14 bits per heavy atom. The maximum atomic E-state index is 11.5. The average Bonchev–Trinajstić information content (AvgIpc) is 3.17. The highest BCUT2D eigenvalue weighted by Crippen LogP contribution is 2.34. The Morgan fingerprint density at radius 3 is 2.71 bits per heavy atom. The van der Waals surface area contributed by atoms with Gasteiger partial charge in [0.2, 0.25) is 0 Å². The van der Waals surface area contributed by atoms with Crippen LogP contribution in [0.4, 0.5) is 0 Å². The highest BCUT2D eigenvalue weighted by Gasteiger charge is 2.28. The number of hydrogen-bond acceptors (Lipinski definition) is 4. The number of aromatic nitrogens is 1. The maximum Gasteiger partial charge on any atom is 0.320 e. The largest absolute Gasteiger partial charge is 0.480 e. The summed E-state index contributed by atoms with van der Waals surface area (Å²) in [7, 11) is 0. The molecule has 2 aromatic carbocycles. The fraction of sp³-hybridized carbons (Fsp3) is 0.304. The lowest BCUT2D eigenvalue weighted by molar-refractivity contribution is -0.144. The lowest BCUT2D eigenvalue weighted by Crippen LogP contribution is -2.43. The van der Waals surface area contributed by atoms with Crippen LogP contribution in [0.5, 0.6) is 0 Å². The summed E-state index contributed by atoms with van der Waals surface area (Å²) >= 11 is 1.67. The minimum absolute atomic E-state index is 0.373. The molecule has 1 fully saturated rings. The van der Waals surface area contributed by atoms with Crippen LogP contribution >= 0.6 is 11.3 Å². The van der Waals surface area contributed by atoms with Crippen LogP contribution in [-0.2, 0) is 11.3 Å². The SMILES string of the molecule is Cc1c(-c2ccccc2)cccc1-c1ncc(CN2CCCCC2C(=O)O)s1. The second-order valence-electron chi connectivity index (χ2n) is 7.30. The zero-order valence-corrected chi connectivity index (χ0v) is 16.8. The minimum Gasteiger partial charge on any atom is -0.480 e. The quantitative estimate of drug-likeness (QED) is 0.646. The number of carbonyl (C=O) groups is 1. The monoisotopic (exact) mass is 392 g/mol. The molecule has 1 saturated heterocycles. The lowest BCUT2D eigenvalue weighted by Gasteiger charge is -2.32. The second-order valence-corrected chi connectivity index (χ2v) is 8.41. The van der Waals surface area contributed by atoms with Crippen LogP contribution in [0.1, 0.15) is 29.7 Å². The lowest BCUT2D eigenvalue weighted by atomic mass is 9.97. The molecule has 1 unspecified atom stereocenters. The fourth-order valence-electron chi connectivity index (χ4n) is 3.96. The van der Waals surface area contributed by atoms with Crippen molar-refractivity contribution in [3.8, 4) is 21.7 Å². The summed E-state index contributed by atoms with van der Waals surface area (Å²) in [6.07, 6.45) is 4.70. The van der Waals surface area contributed by atoms with Crippen molar-refractivity contribution in [2.45, 2.75) is 38.8 Å². The summed E-state index contributed by atoms with van der Waals surface area (Å²) in [5.41, 5.74) is 4.79. The molecule has 2 heterocycles. The number of nitrogens with zero attached hydrogens (tertiary/aromatic N) is 2. The molecule has 1 aromatic heterocycles. The Hall–Kier alpha value is -2.50. The molecule has 28 heavy (non-hydrogen) atoms. The van der Waals surface area contributed by atoms with Gasteiger partial charge in [0.1, 0.15) is 11.0 Å².